The second kappa shape index (κ2) is 75.9. The Kier molecular flexibility index (Phi) is 76.5. The van der Waals surface area contributed by atoms with Crippen molar-refractivity contribution in [1.29, 1.82) is 0 Å². The van der Waals surface area contributed by atoms with E-state index in [1.165, 1.54) is 437 Å². The predicted molar refractivity (Wildman–Crippen MR) is 390 cm³/mol. The van der Waals surface area contributed by atoms with E-state index in [2.05, 4.69) is 56.2 Å². The molecule has 0 fully saturated rings. The molecule has 0 radical (unpaired) electrons. The number of hydrogen-bond acceptors (Lipinski definition) is 5. The Morgan fingerprint density at radius 3 is 0.473 bits per heavy atom. The van der Waals surface area contributed by atoms with E-state index >= 15 is 0 Å². The van der Waals surface area contributed by atoms with Crippen LogP contribution < -0.4 is 4.65 Å². The maximum absolute atomic E-state index is 12.7. The van der Waals surface area contributed by atoms with Crippen LogP contribution in [0.4, 0.5) is 22.0 Å². The van der Waals surface area contributed by atoms with Crippen LogP contribution in [-0.2, 0) is 0 Å². The lowest BCUT2D eigenvalue weighted by atomic mass is 10.0. The predicted octanol–water partition coefficient (Wildman–Crippen LogP) is 27.6. The summed E-state index contributed by atoms with van der Waals surface area (Å²) in [6, 6.07) is 0. The molecular formula is C80H156BF5N2O3. The normalized spacial score (nSPS) is 11.5. The molecule has 0 atom stereocenters. The number of hydrogen-bond donors (Lipinski definition) is 2. The van der Waals surface area contributed by atoms with Gasteiger partial charge < -0.3 is 24.5 Å². The van der Waals surface area contributed by atoms with Crippen LogP contribution in [0.1, 0.15) is 439 Å². The molecule has 0 heterocycles. The van der Waals surface area contributed by atoms with Crippen molar-refractivity contribution >= 4 is 7.32 Å². The van der Waals surface area contributed by atoms with Crippen LogP contribution in [0.15, 0.2) is 0 Å². The monoisotopic (exact) mass is 1300 g/mol. The Balaban J connectivity index is 0. The zero-order valence-electron chi connectivity index (χ0n) is 61.7. The SMILES string of the molecule is CCCCCCCCCCCCCCCCCCN(C)CCCCCCCCCCCCCCCCCC.CCCCCCCCCCCCCCCCCCN(C)CCCCCCCCCCCCCCCCCC.OB(O)Oc1c(F)c(F)c(F)c(F)c1F. The molecule has 1 aromatic rings. The molecule has 0 aliphatic carbocycles. The van der Waals surface area contributed by atoms with Gasteiger partial charge in [0.15, 0.2) is 5.75 Å². The molecular weight excluding hydrogens is 1140 g/mol. The molecule has 0 saturated heterocycles. The first-order chi connectivity index (χ1) is 44.5. The molecule has 542 valence electrons. The van der Waals surface area contributed by atoms with E-state index in [0.717, 1.165) is 0 Å². The third-order valence-corrected chi connectivity index (χ3v) is 19.0. The van der Waals surface area contributed by atoms with Gasteiger partial charge in [-0.05, 0) is 66.0 Å². The van der Waals surface area contributed by atoms with Crippen LogP contribution in [-0.4, -0.2) is 67.4 Å². The summed E-state index contributed by atoms with van der Waals surface area (Å²) >= 11 is 0. The van der Waals surface area contributed by atoms with Crippen LogP contribution in [0.3, 0.4) is 0 Å². The first kappa shape index (κ1) is 91.6. The van der Waals surface area contributed by atoms with Gasteiger partial charge in [0.2, 0.25) is 29.1 Å². The fraction of sp³-hybridized carbons (Fsp3) is 0.925. The molecule has 91 heavy (non-hydrogen) atoms. The maximum atomic E-state index is 12.7. The molecule has 2 N–H and O–H groups in total. The number of nitrogens with zero attached hydrogens (tertiary/aromatic N) is 2. The highest BCUT2D eigenvalue weighted by atomic mass is 19.2. The summed E-state index contributed by atoms with van der Waals surface area (Å²) in [6.07, 6.45) is 93.6. The molecule has 0 aliphatic rings. The van der Waals surface area contributed by atoms with Crippen molar-refractivity contribution in [3.05, 3.63) is 29.1 Å². The van der Waals surface area contributed by atoms with Gasteiger partial charge in [-0.1, -0.05) is 413 Å². The zero-order chi connectivity index (χ0) is 67.0. The van der Waals surface area contributed by atoms with Gasteiger partial charge in [0.25, 0.3) is 0 Å². The summed E-state index contributed by atoms with van der Waals surface area (Å²) in [4.78, 5) is 5.18. The smallest absolute Gasteiger partial charge is 0.507 e. The van der Waals surface area contributed by atoms with E-state index < -0.39 is 42.2 Å². The number of unbranched alkanes of at least 4 members (excludes halogenated alkanes) is 60. The second-order valence-electron chi connectivity index (χ2n) is 28.2. The van der Waals surface area contributed by atoms with E-state index in [4.69, 9.17) is 10.0 Å². The number of rotatable bonds is 70. The topological polar surface area (TPSA) is 56.2 Å². The minimum atomic E-state index is -2.70. The van der Waals surface area contributed by atoms with Crippen LogP contribution in [0.5, 0.6) is 5.75 Å². The maximum Gasteiger partial charge on any atom is 0.707 e. The van der Waals surface area contributed by atoms with Gasteiger partial charge in [-0.2, -0.15) is 8.78 Å². The molecule has 0 unspecified atom stereocenters. The summed E-state index contributed by atoms with van der Waals surface area (Å²) in [5.74, 6) is -13.1. The largest absolute Gasteiger partial charge is 0.707 e. The summed E-state index contributed by atoms with van der Waals surface area (Å²) in [5.41, 5.74) is 0. The highest BCUT2D eigenvalue weighted by Gasteiger charge is 2.29. The van der Waals surface area contributed by atoms with Crippen LogP contribution in [0, 0.1) is 29.1 Å². The van der Waals surface area contributed by atoms with Crippen molar-refractivity contribution in [2.45, 2.75) is 439 Å². The van der Waals surface area contributed by atoms with Gasteiger partial charge in [-0.25, -0.2) is 13.2 Å². The van der Waals surface area contributed by atoms with Crippen molar-refractivity contribution in [3.8, 4) is 5.75 Å². The van der Waals surface area contributed by atoms with Gasteiger partial charge in [-0.15, -0.1) is 0 Å². The third kappa shape index (κ3) is 68.3. The number of halogens is 5. The second-order valence-corrected chi connectivity index (χ2v) is 28.2. The van der Waals surface area contributed by atoms with Crippen molar-refractivity contribution in [1.82, 2.24) is 9.80 Å². The molecule has 0 amide bonds. The summed E-state index contributed by atoms with van der Waals surface area (Å²) in [5, 5.41) is 16.3. The Labute approximate surface area is 564 Å². The lowest BCUT2D eigenvalue weighted by molar-refractivity contribution is 0.263. The minimum absolute atomic E-state index is 1.32. The quantitative estimate of drug-likeness (QED) is 0.0224. The standard InChI is InChI=1S/2C37H77N.C6H2BF5O3/c2*1-4-6-8-10-12-14-16-18-20-22-24-26-28-30-32-34-36-38(3)37-35-33-31-29-27-25-23-21-19-17-15-13-11-9-7-5-2;8-1-2(9)4(11)6(15-7(13)14)5(12)3(1)10/h2*4-37H2,1-3H3;13-14H. The average molecular weight is 1300 g/mol. The van der Waals surface area contributed by atoms with Gasteiger partial charge in [0, 0.05) is 0 Å². The Hall–Kier alpha value is -1.43. The van der Waals surface area contributed by atoms with Crippen LogP contribution in [0.2, 0.25) is 0 Å². The van der Waals surface area contributed by atoms with Crippen molar-refractivity contribution < 1.29 is 36.7 Å². The summed E-state index contributed by atoms with van der Waals surface area (Å²) < 4.78 is 66.3. The van der Waals surface area contributed by atoms with Crippen molar-refractivity contribution in [2.24, 2.45) is 0 Å². The fourth-order valence-corrected chi connectivity index (χ4v) is 12.7. The van der Waals surface area contributed by atoms with Gasteiger partial charge in [0.1, 0.15) is 0 Å². The molecule has 0 aliphatic heterocycles. The lowest BCUT2D eigenvalue weighted by Crippen LogP contribution is -2.23. The average Bonchev–Trinajstić information content (AvgIpc) is 1.10. The molecule has 0 aromatic heterocycles. The Morgan fingerprint density at radius 2 is 0.341 bits per heavy atom. The van der Waals surface area contributed by atoms with E-state index in [1.807, 2.05) is 0 Å². The van der Waals surface area contributed by atoms with Crippen molar-refractivity contribution in [3.63, 3.8) is 0 Å². The first-order valence-corrected chi connectivity index (χ1v) is 40.4. The molecule has 1 rings (SSSR count). The minimum Gasteiger partial charge on any atom is -0.507 e. The zero-order valence-corrected chi connectivity index (χ0v) is 61.7. The van der Waals surface area contributed by atoms with E-state index in [1.54, 1.807) is 0 Å². The van der Waals surface area contributed by atoms with Gasteiger partial charge in [-0.3, -0.25) is 0 Å². The van der Waals surface area contributed by atoms with E-state index in [0.29, 0.717) is 0 Å². The fourth-order valence-electron chi connectivity index (χ4n) is 12.7. The number of benzene rings is 1. The molecule has 0 saturated carbocycles. The molecule has 11 heteroatoms. The molecule has 1 aromatic carbocycles. The van der Waals surface area contributed by atoms with Gasteiger partial charge >= 0.3 is 7.32 Å². The highest BCUT2D eigenvalue weighted by molar-refractivity contribution is 6.33. The lowest BCUT2D eigenvalue weighted by Gasteiger charge is -2.16. The van der Waals surface area contributed by atoms with E-state index in [-0.39, 0.29) is 0 Å². The summed E-state index contributed by atoms with van der Waals surface area (Å²) in [7, 11) is 1.99. The Morgan fingerprint density at radius 1 is 0.220 bits per heavy atom. The first-order valence-electron chi connectivity index (χ1n) is 40.4. The summed E-state index contributed by atoms with van der Waals surface area (Å²) in [6.45, 7) is 14.5. The molecule has 0 spiro atoms. The van der Waals surface area contributed by atoms with E-state index in [9.17, 15) is 22.0 Å². The molecule has 0 bridgehead atoms. The van der Waals surface area contributed by atoms with Gasteiger partial charge in [0.05, 0.1) is 0 Å². The van der Waals surface area contributed by atoms with Crippen LogP contribution in [0.25, 0.3) is 0 Å². The highest BCUT2D eigenvalue weighted by Crippen LogP contribution is 2.29. The molecule has 5 nitrogen and oxygen atoms in total. The Bertz CT molecular complexity index is 1390. The third-order valence-electron chi connectivity index (χ3n) is 19.0. The van der Waals surface area contributed by atoms with Crippen molar-refractivity contribution in [2.75, 3.05) is 40.3 Å². The van der Waals surface area contributed by atoms with Crippen LogP contribution >= 0.6 is 0 Å².